The van der Waals surface area contributed by atoms with E-state index in [9.17, 15) is 13.2 Å². The number of hydrogen-bond donors (Lipinski definition) is 2. The number of aromatic nitrogens is 2. The first kappa shape index (κ1) is 24.4. The van der Waals surface area contributed by atoms with Crippen LogP contribution in [0.25, 0.3) is 0 Å². The summed E-state index contributed by atoms with van der Waals surface area (Å²) in [5.41, 5.74) is 2.84. The third-order valence-corrected chi connectivity index (χ3v) is 6.31. The standard InChI is InChI=1S/C25H30N4O3S/c1-18(2)13-22-16-26-25(27-17-22)29-33(31,32)23-11-9-21(10-12-23)15-24(30)28-19(3)14-20-7-5-4-6-8-20/h4-12,16-19H,13-15H2,1-3H3,(H,28,30)(H,26,27,29). The van der Waals surface area contributed by atoms with Crippen LogP contribution in [0, 0.1) is 5.92 Å². The summed E-state index contributed by atoms with van der Waals surface area (Å²) in [5.74, 6) is 0.379. The SMILES string of the molecule is CC(C)Cc1cnc(NS(=O)(=O)c2ccc(CC(=O)NC(C)Cc3ccccc3)cc2)nc1. The van der Waals surface area contributed by atoms with Crippen LogP contribution in [-0.2, 0) is 34.1 Å². The fourth-order valence-corrected chi connectivity index (χ4v) is 4.44. The van der Waals surface area contributed by atoms with Gasteiger partial charge in [-0.2, -0.15) is 0 Å². The molecule has 2 aromatic carbocycles. The highest BCUT2D eigenvalue weighted by molar-refractivity contribution is 7.92. The highest BCUT2D eigenvalue weighted by Gasteiger charge is 2.16. The van der Waals surface area contributed by atoms with E-state index in [1.807, 2.05) is 37.3 Å². The fraction of sp³-hybridized carbons (Fsp3) is 0.320. The molecular weight excluding hydrogens is 436 g/mol. The molecule has 0 fully saturated rings. The number of amides is 1. The Hall–Kier alpha value is -3.26. The Morgan fingerprint density at radius 3 is 2.09 bits per heavy atom. The van der Waals surface area contributed by atoms with Crippen molar-refractivity contribution in [2.24, 2.45) is 5.92 Å². The largest absolute Gasteiger partial charge is 0.353 e. The normalized spacial score (nSPS) is 12.4. The molecule has 1 aromatic heterocycles. The molecule has 0 saturated heterocycles. The molecule has 0 aliphatic rings. The van der Waals surface area contributed by atoms with Crippen LogP contribution in [0.1, 0.15) is 37.5 Å². The third-order valence-electron chi connectivity index (χ3n) is 4.97. The summed E-state index contributed by atoms with van der Waals surface area (Å²) in [6.07, 6.45) is 5.01. The molecule has 1 amide bonds. The molecule has 8 heteroatoms. The van der Waals surface area contributed by atoms with Crippen LogP contribution in [0.15, 0.2) is 71.9 Å². The lowest BCUT2D eigenvalue weighted by molar-refractivity contribution is -0.121. The zero-order valence-corrected chi connectivity index (χ0v) is 20.0. The summed E-state index contributed by atoms with van der Waals surface area (Å²) in [6.45, 7) is 6.15. The summed E-state index contributed by atoms with van der Waals surface area (Å²) in [6, 6.07) is 16.2. The Morgan fingerprint density at radius 1 is 0.848 bits per heavy atom. The minimum absolute atomic E-state index is 0.00400. The van der Waals surface area contributed by atoms with Crippen LogP contribution in [-0.4, -0.2) is 30.3 Å². The number of nitrogens with one attached hydrogen (secondary N) is 2. The highest BCUT2D eigenvalue weighted by atomic mass is 32.2. The monoisotopic (exact) mass is 466 g/mol. The van der Waals surface area contributed by atoms with E-state index in [-0.39, 0.29) is 29.2 Å². The first-order valence-corrected chi connectivity index (χ1v) is 12.5. The van der Waals surface area contributed by atoms with Gasteiger partial charge in [0.2, 0.25) is 11.9 Å². The van der Waals surface area contributed by atoms with Gasteiger partial charge in [0.25, 0.3) is 10.0 Å². The lowest BCUT2D eigenvalue weighted by atomic mass is 10.1. The Balaban J connectivity index is 1.55. The van der Waals surface area contributed by atoms with Gasteiger partial charge in [0.1, 0.15) is 0 Å². The van der Waals surface area contributed by atoms with Crippen LogP contribution >= 0.6 is 0 Å². The molecule has 174 valence electrons. The van der Waals surface area contributed by atoms with Crippen LogP contribution in [0.3, 0.4) is 0 Å². The van der Waals surface area contributed by atoms with Gasteiger partial charge >= 0.3 is 0 Å². The average molecular weight is 467 g/mol. The van der Waals surface area contributed by atoms with Gasteiger partial charge < -0.3 is 5.32 Å². The van der Waals surface area contributed by atoms with E-state index in [0.29, 0.717) is 5.92 Å². The molecule has 33 heavy (non-hydrogen) atoms. The van der Waals surface area contributed by atoms with Gasteiger partial charge in [-0.3, -0.25) is 4.79 Å². The molecule has 7 nitrogen and oxygen atoms in total. The molecule has 0 aliphatic heterocycles. The third kappa shape index (κ3) is 7.68. The van der Waals surface area contributed by atoms with Crippen molar-refractivity contribution in [3.63, 3.8) is 0 Å². The second kappa shape index (κ2) is 11.0. The van der Waals surface area contributed by atoms with Crippen LogP contribution in [0.5, 0.6) is 0 Å². The summed E-state index contributed by atoms with van der Waals surface area (Å²) >= 11 is 0. The minimum Gasteiger partial charge on any atom is -0.353 e. The Kier molecular flexibility index (Phi) is 8.16. The van der Waals surface area contributed by atoms with E-state index in [1.54, 1.807) is 24.5 Å². The Bertz CT molecular complexity index is 1150. The molecule has 1 heterocycles. The van der Waals surface area contributed by atoms with E-state index < -0.39 is 10.0 Å². The van der Waals surface area contributed by atoms with Crippen molar-refractivity contribution >= 4 is 21.9 Å². The lowest BCUT2D eigenvalue weighted by Gasteiger charge is -2.14. The first-order valence-electron chi connectivity index (χ1n) is 11.0. The molecule has 3 rings (SSSR count). The molecule has 0 radical (unpaired) electrons. The van der Waals surface area contributed by atoms with Crippen molar-refractivity contribution in [2.45, 2.75) is 51.0 Å². The van der Waals surface area contributed by atoms with Crippen molar-refractivity contribution in [3.8, 4) is 0 Å². The van der Waals surface area contributed by atoms with Crippen molar-refractivity contribution < 1.29 is 13.2 Å². The Labute approximate surface area is 195 Å². The van der Waals surface area contributed by atoms with Crippen molar-refractivity contribution in [1.29, 1.82) is 0 Å². The second-order valence-electron chi connectivity index (χ2n) is 8.60. The highest BCUT2D eigenvalue weighted by Crippen LogP contribution is 2.15. The maximum Gasteiger partial charge on any atom is 0.264 e. The van der Waals surface area contributed by atoms with E-state index in [2.05, 4.69) is 33.9 Å². The zero-order chi connectivity index (χ0) is 23.8. The van der Waals surface area contributed by atoms with Gasteiger partial charge in [0.15, 0.2) is 0 Å². The molecule has 3 aromatic rings. The van der Waals surface area contributed by atoms with Crippen LogP contribution in [0.2, 0.25) is 0 Å². The molecule has 0 aliphatic carbocycles. The molecule has 1 atom stereocenters. The fourth-order valence-electron chi connectivity index (χ4n) is 3.48. The molecule has 2 N–H and O–H groups in total. The van der Waals surface area contributed by atoms with Gasteiger partial charge in [0, 0.05) is 18.4 Å². The topological polar surface area (TPSA) is 101 Å². The predicted octanol–water partition coefficient (Wildman–Crippen LogP) is 3.77. The van der Waals surface area contributed by atoms with Crippen LogP contribution in [0.4, 0.5) is 5.95 Å². The van der Waals surface area contributed by atoms with E-state index in [0.717, 1.165) is 29.5 Å². The predicted molar refractivity (Wildman–Crippen MR) is 129 cm³/mol. The number of carbonyl (C=O) groups excluding carboxylic acids is 1. The van der Waals surface area contributed by atoms with E-state index in [1.165, 1.54) is 12.1 Å². The quantitative estimate of drug-likeness (QED) is 0.474. The van der Waals surface area contributed by atoms with Crippen molar-refractivity contribution in [1.82, 2.24) is 15.3 Å². The van der Waals surface area contributed by atoms with Gasteiger partial charge in [-0.05, 0) is 54.5 Å². The number of sulfonamides is 1. The number of anilines is 1. The molecular formula is C25H30N4O3S. The maximum atomic E-state index is 12.6. The van der Waals surface area contributed by atoms with Gasteiger partial charge in [-0.15, -0.1) is 0 Å². The maximum absolute atomic E-state index is 12.6. The van der Waals surface area contributed by atoms with Gasteiger partial charge in [0.05, 0.1) is 11.3 Å². The number of hydrogen-bond acceptors (Lipinski definition) is 5. The number of nitrogens with zero attached hydrogens (tertiary/aromatic N) is 2. The minimum atomic E-state index is -3.82. The number of carbonyl (C=O) groups is 1. The molecule has 1 unspecified atom stereocenters. The summed E-state index contributed by atoms with van der Waals surface area (Å²) in [4.78, 5) is 20.7. The molecule has 0 saturated carbocycles. The number of benzene rings is 2. The number of rotatable bonds is 10. The van der Waals surface area contributed by atoms with E-state index in [4.69, 9.17) is 0 Å². The smallest absolute Gasteiger partial charge is 0.264 e. The average Bonchev–Trinajstić information content (AvgIpc) is 2.75. The summed E-state index contributed by atoms with van der Waals surface area (Å²) in [5, 5.41) is 2.98. The molecule has 0 bridgehead atoms. The first-order chi connectivity index (χ1) is 15.7. The summed E-state index contributed by atoms with van der Waals surface area (Å²) in [7, 11) is -3.82. The van der Waals surface area contributed by atoms with Crippen molar-refractivity contribution in [3.05, 3.63) is 83.7 Å². The van der Waals surface area contributed by atoms with Gasteiger partial charge in [-0.25, -0.2) is 23.1 Å². The van der Waals surface area contributed by atoms with Gasteiger partial charge in [-0.1, -0.05) is 56.3 Å². The molecule has 0 spiro atoms. The van der Waals surface area contributed by atoms with Crippen molar-refractivity contribution in [2.75, 3.05) is 4.72 Å². The second-order valence-corrected chi connectivity index (χ2v) is 10.3. The van der Waals surface area contributed by atoms with Crippen LogP contribution < -0.4 is 10.0 Å². The lowest BCUT2D eigenvalue weighted by Crippen LogP contribution is -2.35. The summed E-state index contributed by atoms with van der Waals surface area (Å²) < 4.78 is 27.7. The zero-order valence-electron chi connectivity index (χ0n) is 19.2. The van der Waals surface area contributed by atoms with E-state index >= 15 is 0 Å². The Morgan fingerprint density at radius 2 is 1.48 bits per heavy atom.